The van der Waals surface area contributed by atoms with Gasteiger partial charge in [-0.25, -0.2) is 4.79 Å². The van der Waals surface area contributed by atoms with Crippen LogP contribution in [0, 0.1) is 23.2 Å². The van der Waals surface area contributed by atoms with Crippen LogP contribution < -0.4 is 16.0 Å². The van der Waals surface area contributed by atoms with Crippen molar-refractivity contribution in [2.24, 2.45) is 23.2 Å². The number of nitrogens with zero attached hydrogens (tertiary/aromatic N) is 1. The number of aliphatic hydroxyl groups is 10. The fourth-order valence-electron chi connectivity index (χ4n) is 16.0. The molecule has 4 fully saturated rings. The van der Waals surface area contributed by atoms with Crippen molar-refractivity contribution in [3.05, 3.63) is 0 Å². The third-order valence-electron chi connectivity index (χ3n) is 24.0. The predicted molar refractivity (Wildman–Crippen MR) is 473 cm³/mol. The summed E-state index contributed by atoms with van der Waals surface area (Å²) in [7, 11) is 4.95. The standard InChI is InChI=1S/C90H160N4O31S2.Y/c1-64-80(107)83(110)72(61-96)123-86(64)119-45-22-31-68(99)29-14-8-5-13-21-44-93-89(113)122-50-28-41-90(39-26-48-117-78(105)36-15-9-6-11-19-42-91-75(102)33-23-46-120-87-65(2)81(108)84(111)73(62-97)124-87,40-27-49-118-79(106)37-16-10-7-12-20-43-92-76(103)34-24-47-121-88-66(3)82(109)85(112)74(63-98)125-88)58-70(101)38-51-115-52-53-116-54-56-127-126-55-25-32-69(100)30-17-18-35-77(104)94-59-71(114-4)57-67(94)60-95;/h64-67,71-74,80-88,95-98,107-112H,5-63H2,1-4H3,(H,91,102)(H,92,103)(H,93,113);/t64?,65?,66?,67-,71+,72?,73?,74?,80?,81?,82?,83?,84?,85?,86?,87?,88?,90?;/m1./s1. The number of likely N-dealkylation sites (tertiary alicyclic amines) is 1. The van der Waals surface area contributed by atoms with E-state index in [1.807, 2.05) is 0 Å². The summed E-state index contributed by atoms with van der Waals surface area (Å²) in [5, 5.41) is 108. The number of esters is 2. The van der Waals surface area contributed by atoms with Crippen LogP contribution in [0.3, 0.4) is 0 Å². The molecular weight excluding hydrogens is 1790 g/mol. The van der Waals surface area contributed by atoms with Gasteiger partial charge in [0.05, 0.1) is 123 Å². The Morgan fingerprint density at radius 1 is 0.383 bits per heavy atom. The molecule has 4 aliphatic heterocycles. The molecule has 35 nitrogen and oxygen atoms in total. The summed E-state index contributed by atoms with van der Waals surface area (Å²) < 4.78 is 68.3. The fourth-order valence-corrected chi connectivity index (χ4v) is 17.9. The van der Waals surface area contributed by atoms with Gasteiger partial charge in [0.25, 0.3) is 0 Å². The Hall–Kier alpha value is -3.33. The van der Waals surface area contributed by atoms with E-state index in [9.17, 15) is 94.2 Å². The van der Waals surface area contributed by atoms with E-state index < -0.39 is 123 Å². The molecule has 4 rings (SSSR count). The van der Waals surface area contributed by atoms with Crippen LogP contribution in [0.15, 0.2) is 0 Å². The number of methoxy groups -OCH3 is 1. The molecule has 0 aromatic heterocycles. The first-order valence-electron chi connectivity index (χ1n) is 47.2. The molecule has 1 radical (unpaired) electrons. The second kappa shape index (κ2) is 73.0. The Kier molecular flexibility index (Phi) is 67.8. The van der Waals surface area contributed by atoms with E-state index in [2.05, 4.69) is 16.0 Å². The number of unbranched alkanes of at least 4 members (excludes halogenated alkanes) is 13. The number of aliphatic hydroxyl groups excluding tert-OH is 10. The van der Waals surface area contributed by atoms with Crippen molar-refractivity contribution in [1.29, 1.82) is 0 Å². The largest absolute Gasteiger partial charge is 0.466 e. The van der Waals surface area contributed by atoms with Crippen molar-refractivity contribution >= 4 is 74.7 Å². The summed E-state index contributed by atoms with van der Waals surface area (Å²) in [6.07, 6.45) is 8.26. The van der Waals surface area contributed by atoms with Crippen molar-refractivity contribution in [2.75, 3.05) is 137 Å². The van der Waals surface area contributed by atoms with Crippen molar-refractivity contribution in [3.63, 3.8) is 0 Å². The zero-order valence-electron chi connectivity index (χ0n) is 76.9. The summed E-state index contributed by atoms with van der Waals surface area (Å²) in [5.74, 6) is -0.760. The minimum atomic E-state index is -1.23. The van der Waals surface area contributed by atoms with Gasteiger partial charge in [-0.05, 0) is 127 Å². The molecule has 741 valence electrons. The maximum Gasteiger partial charge on any atom is 0.407 e. The van der Waals surface area contributed by atoms with E-state index in [0.717, 1.165) is 95.0 Å². The summed E-state index contributed by atoms with van der Waals surface area (Å²) in [6.45, 7) is 7.48. The first-order chi connectivity index (χ1) is 61.3. The topological polar surface area (TPSA) is 506 Å². The Morgan fingerprint density at radius 2 is 0.766 bits per heavy atom. The minimum absolute atomic E-state index is 0. The van der Waals surface area contributed by atoms with Crippen LogP contribution in [-0.4, -0.2) is 332 Å². The van der Waals surface area contributed by atoms with Crippen molar-refractivity contribution in [3.8, 4) is 0 Å². The SMILES string of the molecule is CO[C@H]1C[C@H](CO)N(C(=O)CCCCC(=O)CCCSSCCOCCOCCC(=O)CC(CCCOC(=O)CCCCCCCNC(=O)CCCOC2OC(CO)C(O)C(O)C2C)(CCCOC(=O)CCCCCCCNC(=O)CCCOC2OC(CO)C(O)C(O)C2C)CCCOC(=O)NCCCCCCCC(=O)CCCOC2OC(CO)C(O)C(O)C2C)C1.[Y]. The Morgan fingerprint density at radius 3 is 1.22 bits per heavy atom. The second-order valence-corrected chi connectivity index (χ2v) is 37.1. The van der Waals surface area contributed by atoms with E-state index in [0.29, 0.717) is 168 Å². The number of hydrogen-bond acceptors (Lipinski definition) is 33. The second-order valence-electron chi connectivity index (χ2n) is 34.4. The predicted octanol–water partition coefficient (Wildman–Crippen LogP) is 6.84. The zero-order chi connectivity index (χ0) is 92.8. The normalized spacial score (nSPS) is 24.5. The van der Waals surface area contributed by atoms with Gasteiger partial charge in [0.2, 0.25) is 17.7 Å². The Balaban J connectivity index is 0.0000422. The molecule has 4 aliphatic rings. The van der Waals surface area contributed by atoms with E-state index in [1.165, 1.54) is 0 Å². The van der Waals surface area contributed by atoms with Crippen LogP contribution in [0.4, 0.5) is 4.79 Å². The van der Waals surface area contributed by atoms with E-state index in [-0.39, 0.29) is 190 Å². The summed E-state index contributed by atoms with van der Waals surface area (Å²) in [5.41, 5.74) is -0.675. The molecule has 4 heterocycles. The van der Waals surface area contributed by atoms with E-state index >= 15 is 0 Å². The molecule has 4 saturated heterocycles. The number of amides is 4. The molecule has 4 amide bonds. The van der Waals surface area contributed by atoms with Crippen LogP contribution in [-0.2, 0) is 128 Å². The number of ether oxygens (including phenoxy) is 12. The van der Waals surface area contributed by atoms with Gasteiger partial charge in [-0.1, -0.05) is 100 Å². The van der Waals surface area contributed by atoms with Gasteiger partial charge >= 0.3 is 18.0 Å². The number of ketones is 3. The fraction of sp³-hybridized carbons (Fsp3) is 0.900. The van der Waals surface area contributed by atoms with Crippen LogP contribution in [0.2, 0.25) is 0 Å². The molecular formula is C90H160N4O31S2Y. The number of carbonyl (C=O) groups is 9. The van der Waals surface area contributed by atoms with Crippen LogP contribution in [0.1, 0.15) is 271 Å². The quantitative estimate of drug-likeness (QED) is 0.0128. The van der Waals surface area contributed by atoms with Gasteiger partial charge in [-0.3, -0.25) is 38.4 Å². The molecule has 15 unspecified atom stereocenters. The van der Waals surface area contributed by atoms with Crippen molar-refractivity contribution < 1.29 is 184 Å². The third kappa shape index (κ3) is 51.0. The van der Waals surface area contributed by atoms with Gasteiger partial charge in [0.1, 0.15) is 54.0 Å². The monoisotopic (exact) mass is 1950 g/mol. The summed E-state index contributed by atoms with van der Waals surface area (Å²) in [6, 6.07) is -0.225. The van der Waals surface area contributed by atoms with E-state index in [1.54, 1.807) is 54.4 Å². The number of carbonyl (C=O) groups excluding carboxylic acids is 9. The van der Waals surface area contributed by atoms with Crippen LogP contribution >= 0.6 is 21.6 Å². The molecule has 0 aliphatic carbocycles. The average molecular weight is 1950 g/mol. The van der Waals surface area contributed by atoms with Crippen molar-refractivity contribution in [2.45, 2.75) is 357 Å². The molecule has 0 aromatic rings. The first kappa shape index (κ1) is 119. The number of nitrogens with one attached hydrogen (secondary N) is 3. The van der Waals surface area contributed by atoms with E-state index in [4.69, 9.17) is 56.8 Å². The Bertz CT molecular complexity index is 2760. The van der Waals surface area contributed by atoms with Gasteiger partial charge in [-0.15, -0.1) is 0 Å². The molecule has 0 aromatic carbocycles. The van der Waals surface area contributed by atoms with Gasteiger partial charge in [0, 0.05) is 166 Å². The molecule has 0 spiro atoms. The Labute approximate surface area is 791 Å². The number of alkyl carbamates (subject to hydrolysis) is 1. The van der Waals surface area contributed by atoms with Crippen LogP contribution in [0.25, 0.3) is 0 Å². The molecule has 0 saturated carbocycles. The number of Topliss-reactive ketones (excluding diaryl/α,β-unsaturated/α-hetero) is 3. The number of hydrogen-bond donors (Lipinski definition) is 13. The average Bonchev–Trinajstić information content (AvgIpc) is 1.14. The molecule has 38 heteroatoms. The third-order valence-corrected chi connectivity index (χ3v) is 26.4. The maximum atomic E-state index is 14.2. The molecule has 17 atom stereocenters. The van der Waals surface area contributed by atoms with Gasteiger partial charge in [0.15, 0.2) is 18.9 Å². The molecule has 13 N–H and O–H groups in total. The zero-order valence-corrected chi connectivity index (χ0v) is 81.4. The summed E-state index contributed by atoms with van der Waals surface area (Å²) >= 11 is 0. The minimum Gasteiger partial charge on any atom is -0.466 e. The van der Waals surface area contributed by atoms with Gasteiger partial charge < -0.3 is 129 Å². The maximum absolute atomic E-state index is 14.2. The molecule has 128 heavy (non-hydrogen) atoms. The van der Waals surface area contributed by atoms with Crippen molar-refractivity contribution in [1.82, 2.24) is 20.9 Å². The first-order valence-corrected chi connectivity index (χ1v) is 49.6. The smallest absolute Gasteiger partial charge is 0.407 e. The van der Waals surface area contributed by atoms with Crippen LogP contribution in [0.5, 0.6) is 0 Å². The molecule has 0 bridgehead atoms. The number of rotatable bonds is 77. The summed E-state index contributed by atoms with van der Waals surface area (Å²) in [4.78, 5) is 118. The van der Waals surface area contributed by atoms with Gasteiger partial charge in [-0.2, -0.15) is 0 Å².